The molecule has 26 heavy (non-hydrogen) atoms. The Morgan fingerprint density at radius 1 is 0.962 bits per heavy atom. The van der Waals surface area contributed by atoms with Gasteiger partial charge in [-0.1, -0.05) is 30.3 Å². The molecule has 0 unspecified atom stereocenters. The van der Waals surface area contributed by atoms with Gasteiger partial charge in [0.05, 0.1) is 13.2 Å². The lowest BCUT2D eigenvalue weighted by Crippen LogP contribution is -2.26. The van der Waals surface area contributed by atoms with Crippen LogP contribution in [0.25, 0.3) is 0 Å². The zero-order valence-corrected chi connectivity index (χ0v) is 14.7. The molecule has 138 valence electrons. The van der Waals surface area contributed by atoms with Gasteiger partial charge in [-0.15, -0.1) is 0 Å². The van der Waals surface area contributed by atoms with Crippen LogP contribution in [0.3, 0.4) is 0 Å². The molecule has 0 radical (unpaired) electrons. The van der Waals surface area contributed by atoms with Crippen molar-refractivity contribution in [2.75, 3.05) is 13.2 Å². The van der Waals surface area contributed by atoms with Gasteiger partial charge in [-0.05, 0) is 37.1 Å². The van der Waals surface area contributed by atoms with Crippen LogP contribution >= 0.6 is 0 Å². The zero-order valence-electron chi connectivity index (χ0n) is 14.7. The maximum absolute atomic E-state index is 14.0. The van der Waals surface area contributed by atoms with Crippen LogP contribution in [0.5, 0.6) is 5.75 Å². The number of ether oxygens (including phenoxy) is 3. The normalized spacial score (nSPS) is 10.5. The molecule has 0 aliphatic carbocycles. The van der Waals surface area contributed by atoms with E-state index in [-0.39, 0.29) is 31.1 Å². The van der Waals surface area contributed by atoms with Crippen LogP contribution < -0.4 is 4.74 Å². The number of carbonyl (C=O) groups excluding carboxylic acids is 2. The Bertz CT molecular complexity index is 727. The monoisotopic (exact) mass is 360 g/mol. The molecular formula is C20H21FO5. The molecule has 0 fully saturated rings. The number of benzene rings is 2. The summed E-state index contributed by atoms with van der Waals surface area (Å²) in [6, 6.07) is 13.1. The Morgan fingerprint density at radius 2 is 1.58 bits per heavy atom. The smallest absolute Gasteiger partial charge is 0.324 e. The highest BCUT2D eigenvalue weighted by Gasteiger charge is 2.32. The first-order valence-electron chi connectivity index (χ1n) is 8.35. The van der Waals surface area contributed by atoms with Crippen molar-refractivity contribution in [3.8, 4) is 5.75 Å². The third kappa shape index (κ3) is 5.31. The van der Waals surface area contributed by atoms with Gasteiger partial charge in [0.1, 0.15) is 18.2 Å². The molecule has 6 heteroatoms. The van der Waals surface area contributed by atoms with E-state index in [1.54, 1.807) is 13.8 Å². The fraction of sp³-hybridized carbons (Fsp3) is 0.300. The quantitative estimate of drug-likeness (QED) is 0.532. The first-order valence-corrected chi connectivity index (χ1v) is 8.35. The van der Waals surface area contributed by atoms with Gasteiger partial charge in [0.2, 0.25) is 0 Å². The predicted molar refractivity (Wildman–Crippen MR) is 93.2 cm³/mol. The van der Waals surface area contributed by atoms with Crippen molar-refractivity contribution in [1.29, 1.82) is 0 Å². The van der Waals surface area contributed by atoms with Gasteiger partial charge >= 0.3 is 11.9 Å². The van der Waals surface area contributed by atoms with Crippen LogP contribution in [0.1, 0.15) is 30.9 Å². The summed E-state index contributed by atoms with van der Waals surface area (Å²) >= 11 is 0. The second kappa shape index (κ2) is 9.56. The van der Waals surface area contributed by atoms with E-state index in [9.17, 15) is 14.0 Å². The van der Waals surface area contributed by atoms with Crippen molar-refractivity contribution in [3.05, 3.63) is 65.5 Å². The largest absolute Gasteiger partial charge is 0.489 e. The van der Waals surface area contributed by atoms with Crippen molar-refractivity contribution in [2.24, 2.45) is 0 Å². The maximum atomic E-state index is 14.0. The van der Waals surface area contributed by atoms with Crippen LogP contribution in [0, 0.1) is 5.82 Å². The number of esters is 2. The summed E-state index contributed by atoms with van der Waals surface area (Å²) in [5.41, 5.74) is 1.04. The van der Waals surface area contributed by atoms with Crippen LogP contribution in [0.4, 0.5) is 4.39 Å². The van der Waals surface area contributed by atoms with E-state index < -0.39 is 23.7 Å². The molecule has 0 atom stereocenters. The topological polar surface area (TPSA) is 61.8 Å². The van der Waals surface area contributed by atoms with Gasteiger partial charge < -0.3 is 14.2 Å². The lowest BCUT2D eigenvalue weighted by molar-refractivity contribution is -0.156. The molecule has 0 aromatic heterocycles. The van der Waals surface area contributed by atoms with Gasteiger partial charge in [0.15, 0.2) is 5.92 Å². The standard InChI is InChI=1S/C20H21FO5/c1-3-24-19(22)18(20(23)25-4-2)15-10-16(21)12-17(11-15)26-13-14-8-6-5-7-9-14/h5-12,18H,3-4,13H2,1-2H3. The molecule has 0 aliphatic heterocycles. The van der Waals surface area contributed by atoms with Crippen molar-refractivity contribution < 1.29 is 28.2 Å². The van der Waals surface area contributed by atoms with E-state index >= 15 is 0 Å². The summed E-state index contributed by atoms with van der Waals surface area (Å²) in [4.78, 5) is 24.4. The second-order valence-electron chi connectivity index (χ2n) is 5.43. The highest BCUT2D eigenvalue weighted by atomic mass is 19.1. The van der Waals surface area contributed by atoms with Crippen LogP contribution in [-0.2, 0) is 25.7 Å². The van der Waals surface area contributed by atoms with E-state index in [2.05, 4.69) is 0 Å². The molecule has 0 bridgehead atoms. The molecular weight excluding hydrogens is 339 g/mol. The van der Waals surface area contributed by atoms with Crippen LogP contribution in [0.15, 0.2) is 48.5 Å². The number of carbonyl (C=O) groups is 2. The van der Waals surface area contributed by atoms with Crippen molar-refractivity contribution >= 4 is 11.9 Å². The third-order valence-corrected chi connectivity index (χ3v) is 3.52. The summed E-state index contributed by atoms with van der Waals surface area (Å²) in [6.45, 7) is 3.68. The number of hydrogen-bond acceptors (Lipinski definition) is 5. The third-order valence-electron chi connectivity index (χ3n) is 3.52. The van der Waals surface area contributed by atoms with Crippen molar-refractivity contribution in [2.45, 2.75) is 26.4 Å². The summed E-state index contributed by atoms with van der Waals surface area (Å²) in [6.07, 6.45) is 0. The Labute approximate surface area is 151 Å². The van der Waals surface area contributed by atoms with E-state index in [0.29, 0.717) is 0 Å². The summed E-state index contributed by atoms with van der Waals surface area (Å²) in [5, 5.41) is 0. The first-order chi connectivity index (χ1) is 12.5. The van der Waals surface area contributed by atoms with E-state index in [1.807, 2.05) is 30.3 Å². The van der Waals surface area contributed by atoms with Gasteiger partial charge in [-0.2, -0.15) is 0 Å². The molecule has 0 aliphatic rings. The molecule has 0 saturated heterocycles. The average molecular weight is 360 g/mol. The number of hydrogen-bond donors (Lipinski definition) is 0. The fourth-order valence-corrected chi connectivity index (χ4v) is 2.39. The Hall–Kier alpha value is -2.89. The fourth-order valence-electron chi connectivity index (χ4n) is 2.39. The molecule has 0 heterocycles. The average Bonchev–Trinajstić information content (AvgIpc) is 2.61. The van der Waals surface area contributed by atoms with Crippen molar-refractivity contribution in [3.63, 3.8) is 0 Å². The Morgan fingerprint density at radius 3 is 2.15 bits per heavy atom. The maximum Gasteiger partial charge on any atom is 0.324 e. The molecule has 0 N–H and O–H groups in total. The van der Waals surface area contributed by atoms with E-state index in [0.717, 1.165) is 11.6 Å². The van der Waals surface area contributed by atoms with Gasteiger partial charge in [-0.3, -0.25) is 9.59 Å². The van der Waals surface area contributed by atoms with Gasteiger partial charge in [-0.25, -0.2) is 4.39 Å². The highest BCUT2D eigenvalue weighted by molar-refractivity contribution is 6.00. The zero-order chi connectivity index (χ0) is 18.9. The molecule has 2 aromatic carbocycles. The van der Waals surface area contributed by atoms with Gasteiger partial charge in [0, 0.05) is 6.07 Å². The summed E-state index contributed by atoms with van der Waals surface area (Å²) in [5.74, 6) is -3.34. The molecule has 0 saturated carbocycles. The molecule has 0 amide bonds. The minimum atomic E-state index is -1.36. The van der Waals surface area contributed by atoms with Crippen LogP contribution in [0.2, 0.25) is 0 Å². The Balaban J connectivity index is 2.26. The molecule has 2 aromatic rings. The number of halogens is 1. The summed E-state index contributed by atoms with van der Waals surface area (Å²) < 4.78 is 29.5. The minimum absolute atomic E-state index is 0.0986. The van der Waals surface area contributed by atoms with Crippen LogP contribution in [-0.4, -0.2) is 25.2 Å². The van der Waals surface area contributed by atoms with E-state index in [4.69, 9.17) is 14.2 Å². The predicted octanol–water partition coefficient (Wildman–Crippen LogP) is 3.61. The number of rotatable bonds is 8. The SMILES string of the molecule is CCOC(=O)C(C(=O)OCC)c1cc(F)cc(OCc2ccccc2)c1. The summed E-state index contributed by atoms with van der Waals surface area (Å²) in [7, 11) is 0. The first kappa shape index (κ1) is 19.4. The van der Waals surface area contributed by atoms with E-state index in [1.165, 1.54) is 12.1 Å². The van der Waals surface area contributed by atoms with Gasteiger partial charge in [0.25, 0.3) is 0 Å². The molecule has 0 spiro atoms. The molecule has 2 rings (SSSR count). The van der Waals surface area contributed by atoms with Crippen molar-refractivity contribution in [1.82, 2.24) is 0 Å². The lowest BCUT2D eigenvalue weighted by Gasteiger charge is -2.16. The second-order valence-corrected chi connectivity index (χ2v) is 5.43. The minimum Gasteiger partial charge on any atom is -0.489 e. The molecule has 5 nitrogen and oxygen atoms in total. The Kier molecular flexibility index (Phi) is 7.14. The lowest BCUT2D eigenvalue weighted by atomic mass is 9.99. The highest BCUT2D eigenvalue weighted by Crippen LogP contribution is 2.26.